The molecule has 100 valence electrons. The molecule has 3 N–H and O–H groups in total. The van der Waals surface area contributed by atoms with Gasteiger partial charge in [-0.3, -0.25) is 10.1 Å². The van der Waals surface area contributed by atoms with Crippen molar-refractivity contribution >= 4 is 5.91 Å². The summed E-state index contributed by atoms with van der Waals surface area (Å²) < 4.78 is 36.4. The molecule has 1 aromatic carbocycles. The number of carbonyl (C=O) groups is 1. The lowest BCUT2D eigenvalue weighted by Crippen LogP contribution is -2.48. The van der Waals surface area contributed by atoms with Gasteiger partial charge in [0.2, 0.25) is 5.91 Å². The van der Waals surface area contributed by atoms with Gasteiger partial charge in [-0.1, -0.05) is 37.3 Å². The van der Waals surface area contributed by atoms with Crippen LogP contribution in [0, 0.1) is 0 Å². The number of benzene rings is 1. The van der Waals surface area contributed by atoms with Crippen molar-refractivity contribution in [2.75, 3.05) is 6.54 Å². The minimum atomic E-state index is -4.37. The Morgan fingerprint density at radius 3 is 2.33 bits per heavy atom. The number of hydrogen-bond acceptors (Lipinski definition) is 2. The van der Waals surface area contributed by atoms with Gasteiger partial charge in [-0.15, -0.1) is 0 Å². The molecule has 1 aromatic rings. The fourth-order valence-corrected chi connectivity index (χ4v) is 1.70. The van der Waals surface area contributed by atoms with Crippen LogP contribution in [0.5, 0.6) is 0 Å². The molecule has 0 spiro atoms. The van der Waals surface area contributed by atoms with Gasteiger partial charge in [-0.25, -0.2) is 0 Å². The lowest BCUT2D eigenvalue weighted by atomic mass is 9.93. The maximum Gasteiger partial charge on any atom is 0.401 e. The number of amides is 1. The van der Waals surface area contributed by atoms with Crippen molar-refractivity contribution in [3.05, 3.63) is 35.9 Å². The molecule has 1 amide bonds. The van der Waals surface area contributed by atoms with Crippen LogP contribution in [0.3, 0.4) is 0 Å². The zero-order valence-electron chi connectivity index (χ0n) is 9.87. The largest absolute Gasteiger partial charge is 0.401 e. The highest BCUT2D eigenvalue weighted by Gasteiger charge is 2.31. The molecule has 0 fully saturated rings. The standard InChI is InChI=1S/C12H15F3N2O/c1-8(9-5-3-2-4-6-9)10(11(16)18)17-7-12(13,14)15/h2-6,8,10,17H,7H2,1H3,(H2,16,18). The first-order chi connectivity index (χ1) is 8.31. The van der Waals surface area contributed by atoms with E-state index in [0.717, 1.165) is 5.56 Å². The Kier molecular flexibility index (Phi) is 4.72. The summed E-state index contributed by atoms with van der Waals surface area (Å²) in [6.07, 6.45) is -4.37. The predicted octanol–water partition coefficient (Wildman–Crippen LogP) is 1.80. The van der Waals surface area contributed by atoms with Gasteiger partial charge in [-0.05, 0) is 5.56 Å². The van der Waals surface area contributed by atoms with Crippen molar-refractivity contribution in [2.24, 2.45) is 5.73 Å². The third-order valence-corrected chi connectivity index (χ3v) is 2.65. The molecular formula is C12H15F3N2O. The number of halogens is 3. The number of nitrogens with two attached hydrogens (primary N) is 1. The predicted molar refractivity (Wildman–Crippen MR) is 61.9 cm³/mol. The summed E-state index contributed by atoms with van der Waals surface area (Å²) in [7, 11) is 0. The molecule has 18 heavy (non-hydrogen) atoms. The lowest BCUT2D eigenvalue weighted by molar-refractivity contribution is -0.131. The van der Waals surface area contributed by atoms with Crippen molar-refractivity contribution in [1.82, 2.24) is 5.32 Å². The summed E-state index contributed by atoms with van der Waals surface area (Å²) in [6, 6.07) is 7.75. The van der Waals surface area contributed by atoms with E-state index in [1.54, 1.807) is 37.3 Å². The van der Waals surface area contributed by atoms with E-state index in [2.05, 4.69) is 5.32 Å². The first-order valence-corrected chi connectivity index (χ1v) is 5.45. The number of rotatable bonds is 5. The van der Waals surface area contributed by atoms with E-state index in [9.17, 15) is 18.0 Å². The normalized spacial score (nSPS) is 15.1. The van der Waals surface area contributed by atoms with E-state index in [4.69, 9.17) is 5.73 Å². The van der Waals surface area contributed by atoms with Crippen LogP contribution in [0.4, 0.5) is 13.2 Å². The second-order valence-corrected chi connectivity index (χ2v) is 4.08. The Bertz CT molecular complexity index is 392. The maximum atomic E-state index is 12.1. The van der Waals surface area contributed by atoms with Gasteiger partial charge in [0.25, 0.3) is 0 Å². The molecule has 0 aliphatic heterocycles. The van der Waals surface area contributed by atoms with Gasteiger partial charge in [0.05, 0.1) is 12.6 Å². The molecule has 3 nitrogen and oxygen atoms in total. The fourth-order valence-electron chi connectivity index (χ4n) is 1.70. The summed E-state index contributed by atoms with van der Waals surface area (Å²) >= 11 is 0. The van der Waals surface area contributed by atoms with E-state index in [1.165, 1.54) is 0 Å². The zero-order valence-corrected chi connectivity index (χ0v) is 9.87. The minimum absolute atomic E-state index is 0.425. The Balaban J connectivity index is 2.76. The number of alkyl halides is 3. The summed E-state index contributed by atoms with van der Waals surface area (Å²) in [4.78, 5) is 11.2. The third kappa shape index (κ3) is 4.37. The molecule has 0 bridgehead atoms. The highest BCUT2D eigenvalue weighted by atomic mass is 19.4. The molecule has 6 heteroatoms. The second kappa shape index (κ2) is 5.86. The SMILES string of the molecule is CC(c1ccccc1)C(NCC(F)(F)F)C(N)=O. The summed E-state index contributed by atoms with van der Waals surface area (Å²) in [5, 5.41) is 2.16. The summed E-state index contributed by atoms with van der Waals surface area (Å²) in [5.74, 6) is -1.22. The molecule has 0 aromatic heterocycles. The van der Waals surface area contributed by atoms with E-state index < -0.39 is 30.6 Å². The Morgan fingerprint density at radius 1 is 1.33 bits per heavy atom. The van der Waals surface area contributed by atoms with Crippen LogP contribution in [-0.4, -0.2) is 24.7 Å². The molecule has 0 saturated carbocycles. The molecule has 0 aliphatic carbocycles. The molecule has 0 radical (unpaired) electrons. The molecule has 0 heterocycles. The average Bonchev–Trinajstić information content (AvgIpc) is 2.28. The van der Waals surface area contributed by atoms with E-state index >= 15 is 0 Å². The molecule has 0 aliphatic rings. The molecular weight excluding hydrogens is 245 g/mol. The molecule has 2 unspecified atom stereocenters. The van der Waals surface area contributed by atoms with Crippen molar-refractivity contribution in [3.8, 4) is 0 Å². The van der Waals surface area contributed by atoms with Crippen molar-refractivity contribution < 1.29 is 18.0 Å². The van der Waals surface area contributed by atoms with Crippen LogP contribution < -0.4 is 11.1 Å². The third-order valence-electron chi connectivity index (χ3n) is 2.65. The Morgan fingerprint density at radius 2 is 1.89 bits per heavy atom. The Hall–Kier alpha value is -1.56. The average molecular weight is 260 g/mol. The number of nitrogens with one attached hydrogen (secondary N) is 1. The van der Waals surface area contributed by atoms with Crippen LogP contribution in [-0.2, 0) is 4.79 Å². The van der Waals surface area contributed by atoms with E-state index in [-0.39, 0.29) is 0 Å². The topological polar surface area (TPSA) is 55.1 Å². The fraction of sp³-hybridized carbons (Fsp3) is 0.417. The highest BCUT2D eigenvalue weighted by molar-refractivity contribution is 5.81. The van der Waals surface area contributed by atoms with Crippen molar-refractivity contribution in [1.29, 1.82) is 0 Å². The summed E-state index contributed by atoms with van der Waals surface area (Å²) in [6.45, 7) is 0.423. The first-order valence-electron chi connectivity index (χ1n) is 5.45. The van der Waals surface area contributed by atoms with Crippen LogP contribution in [0.1, 0.15) is 18.4 Å². The monoisotopic (exact) mass is 260 g/mol. The molecule has 1 rings (SSSR count). The second-order valence-electron chi connectivity index (χ2n) is 4.08. The van der Waals surface area contributed by atoms with Gasteiger partial charge in [-0.2, -0.15) is 13.2 Å². The van der Waals surface area contributed by atoms with Crippen LogP contribution >= 0.6 is 0 Å². The lowest BCUT2D eigenvalue weighted by Gasteiger charge is -2.23. The van der Waals surface area contributed by atoms with Crippen LogP contribution in [0.2, 0.25) is 0 Å². The van der Waals surface area contributed by atoms with E-state index in [1.807, 2.05) is 0 Å². The quantitative estimate of drug-likeness (QED) is 0.848. The van der Waals surface area contributed by atoms with Crippen LogP contribution in [0.25, 0.3) is 0 Å². The molecule has 0 saturated heterocycles. The van der Waals surface area contributed by atoms with Gasteiger partial charge in [0, 0.05) is 5.92 Å². The zero-order chi connectivity index (χ0) is 13.8. The smallest absolute Gasteiger partial charge is 0.368 e. The van der Waals surface area contributed by atoms with E-state index in [0.29, 0.717) is 0 Å². The van der Waals surface area contributed by atoms with Crippen molar-refractivity contribution in [2.45, 2.75) is 25.1 Å². The van der Waals surface area contributed by atoms with Gasteiger partial charge < -0.3 is 5.73 Å². The highest BCUT2D eigenvalue weighted by Crippen LogP contribution is 2.20. The van der Waals surface area contributed by atoms with Crippen molar-refractivity contribution in [3.63, 3.8) is 0 Å². The van der Waals surface area contributed by atoms with Gasteiger partial charge >= 0.3 is 6.18 Å². The number of primary amides is 1. The Labute approximate surface area is 103 Å². The van der Waals surface area contributed by atoms with Gasteiger partial charge in [0.15, 0.2) is 0 Å². The number of carbonyl (C=O) groups excluding carboxylic acids is 1. The number of hydrogen-bond donors (Lipinski definition) is 2. The van der Waals surface area contributed by atoms with Gasteiger partial charge in [0.1, 0.15) is 0 Å². The van der Waals surface area contributed by atoms with Crippen LogP contribution in [0.15, 0.2) is 30.3 Å². The maximum absolute atomic E-state index is 12.1. The first kappa shape index (κ1) is 14.5. The minimum Gasteiger partial charge on any atom is -0.368 e. The summed E-state index contributed by atoms with van der Waals surface area (Å²) in [5.41, 5.74) is 5.90. The molecule has 2 atom stereocenters.